The van der Waals surface area contributed by atoms with Crippen molar-refractivity contribution in [3.8, 4) is 6.07 Å². The molecule has 0 saturated heterocycles. The predicted octanol–water partition coefficient (Wildman–Crippen LogP) is 9.89. The zero-order chi connectivity index (χ0) is 31.1. The summed E-state index contributed by atoms with van der Waals surface area (Å²) >= 11 is 0. The lowest BCUT2D eigenvalue weighted by molar-refractivity contribution is 0.369. The molecular weight excluding hydrogens is 558 g/mol. The van der Waals surface area contributed by atoms with Crippen LogP contribution in [0.5, 0.6) is 0 Å². The second-order valence-corrected chi connectivity index (χ2v) is 12.4. The van der Waals surface area contributed by atoms with Gasteiger partial charge in [0, 0.05) is 28.5 Å². The molecule has 0 aliphatic heterocycles. The van der Waals surface area contributed by atoms with Crippen molar-refractivity contribution in [1.82, 2.24) is 4.98 Å². The standard InChI is InChI=1S/C39H31N3O3/c1-25-10-9-13-30(18-25)42(29-11-5-4-6-12-29)31-17-16-26-20-32(38(43)45-36(26)21-31)27-19-28(23-39(2,3)22-27)33(24-40)37-41-34-14-7-8-15-35(34)44-37/h4-21H,22-23H2,1-3H3/b33-28-. The molecule has 6 heteroatoms. The first-order chi connectivity index (χ1) is 21.8. The molecule has 7 rings (SSSR count). The van der Waals surface area contributed by atoms with Crippen LogP contribution in [0.4, 0.5) is 17.1 Å². The summed E-state index contributed by atoms with van der Waals surface area (Å²) in [6.07, 6.45) is 3.25. The van der Waals surface area contributed by atoms with Crippen LogP contribution in [0.15, 0.2) is 128 Å². The molecular formula is C39H31N3O3. The third-order valence-electron chi connectivity index (χ3n) is 8.23. The van der Waals surface area contributed by atoms with Crippen LogP contribution in [-0.4, -0.2) is 4.98 Å². The lowest BCUT2D eigenvalue weighted by atomic mass is 9.73. The molecule has 0 spiro atoms. The Kier molecular flexibility index (Phi) is 6.94. The van der Waals surface area contributed by atoms with Gasteiger partial charge in [0.1, 0.15) is 22.7 Å². The first kappa shape index (κ1) is 28.1. The van der Waals surface area contributed by atoms with Gasteiger partial charge in [-0.1, -0.05) is 62.4 Å². The van der Waals surface area contributed by atoms with E-state index in [1.54, 1.807) is 0 Å². The summed E-state index contributed by atoms with van der Waals surface area (Å²) < 4.78 is 12.0. The molecule has 0 amide bonds. The Labute approximate surface area is 261 Å². The summed E-state index contributed by atoms with van der Waals surface area (Å²) in [7, 11) is 0. The molecule has 4 aromatic carbocycles. The number of oxazole rings is 1. The minimum Gasteiger partial charge on any atom is -0.435 e. The van der Waals surface area contributed by atoms with Crippen LogP contribution >= 0.6 is 0 Å². The highest BCUT2D eigenvalue weighted by molar-refractivity contribution is 5.89. The third kappa shape index (κ3) is 5.45. The fourth-order valence-corrected chi connectivity index (χ4v) is 6.23. The maximum atomic E-state index is 13.6. The van der Waals surface area contributed by atoms with Crippen molar-refractivity contribution < 1.29 is 8.83 Å². The Bertz CT molecular complexity index is 2210. The maximum absolute atomic E-state index is 13.6. The monoisotopic (exact) mass is 589 g/mol. The van der Waals surface area contributed by atoms with Gasteiger partial charge >= 0.3 is 5.63 Å². The van der Waals surface area contributed by atoms with Crippen molar-refractivity contribution in [3.05, 3.63) is 142 Å². The van der Waals surface area contributed by atoms with Gasteiger partial charge in [-0.05, 0) is 96.5 Å². The highest BCUT2D eigenvalue weighted by Gasteiger charge is 2.30. The number of allylic oxidation sites excluding steroid dienone is 4. The van der Waals surface area contributed by atoms with E-state index in [-0.39, 0.29) is 11.3 Å². The molecule has 0 fully saturated rings. The summed E-state index contributed by atoms with van der Waals surface area (Å²) in [4.78, 5) is 20.3. The number of nitrogens with zero attached hydrogens (tertiary/aromatic N) is 3. The molecule has 0 bridgehead atoms. The number of nitriles is 1. The van der Waals surface area contributed by atoms with E-state index in [0.717, 1.165) is 39.2 Å². The average molecular weight is 590 g/mol. The van der Waals surface area contributed by atoms with Crippen molar-refractivity contribution in [2.24, 2.45) is 5.41 Å². The normalized spacial score (nSPS) is 15.5. The van der Waals surface area contributed by atoms with Crippen molar-refractivity contribution in [1.29, 1.82) is 5.26 Å². The molecule has 45 heavy (non-hydrogen) atoms. The third-order valence-corrected chi connectivity index (χ3v) is 8.23. The highest BCUT2D eigenvalue weighted by Crippen LogP contribution is 2.44. The Balaban J connectivity index is 1.32. The number of rotatable bonds is 5. The maximum Gasteiger partial charge on any atom is 0.343 e. The van der Waals surface area contributed by atoms with Crippen LogP contribution < -0.4 is 10.5 Å². The van der Waals surface area contributed by atoms with Gasteiger partial charge < -0.3 is 13.7 Å². The molecule has 6 nitrogen and oxygen atoms in total. The van der Waals surface area contributed by atoms with Crippen molar-refractivity contribution in [2.45, 2.75) is 33.6 Å². The summed E-state index contributed by atoms with van der Waals surface area (Å²) in [5, 5.41) is 11.0. The summed E-state index contributed by atoms with van der Waals surface area (Å²) in [6, 6.07) is 36.1. The van der Waals surface area contributed by atoms with E-state index in [9.17, 15) is 10.1 Å². The molecule has 0 saturated carbocycles. The Hall–Kier alpha value is -5.67. The van der Waals surface area contributed by atoms with Gasteiger partial charge in [-0.15, -0.1) is 0 Å². The van der Waals surface area contributed by atoms with Gasteiger partial charge in [0.25, 0.3) is 0 Å². The van der Waals surface area contributed by atoms with E-state index < -0.39 is 5.63 Å². The molecule has 0 N–H and O–H groups in total. The Morgan fingerprint density at radius 1 is 0.822 bits per heavy atom. The second-order valence-electron chi connectivity index (χ2n) is 12.4. The topological polar surface area (TPSA) is 83.3 Å². The molecule has 0 atom stereocenters. The van der Waals surface area contributed by atoms with Gasteiger partial charge in [0.05, 0.1) is 5.56 Å². The molecule has 0 unspecified atom stereocenters. The van der Waals surface area contributed by atoms with Crippen LogP contribution in [-0.2, 0) is 0 Å². The Morgan fingerprint density at radius 3 is 2.36 bits per heavy atom. The summed E-state index contributed by atoms with van der Waals surface area (Å²) in [6.45, 7) is 6.35. The van der Waals surface area contributed by atoms with E-state index in [2.05, 4.69) is 67.1 Å². The van der Waals surface area contributed by atoms with Gasteiger partial charge in [0.15, 0.2) is 5.58 Å². The number of benzene rings is 4. The van der Waals surface area contributed by atoms with Gasteiger partial charge in [-0.2, -0.15) is 5.26 Å². The SMILES string of the molecule is Cc1cccc(N(c2ccccc2)c2ccc3cc(C4=C/C(=C(\C#N)c5nc6ccccc6o5)CC(C)(C)C4)c(=O)oc3c2)c1. The zero-order valence-electron chi connectivity index (χ0n) is 25.4. The van der Waals surface area contributed by atoms with Gasteiger partial charge in [-0.25, -0.2) is 9.78 Å². The molecule has 220 valence electrons. The molecule has 6 aromatic rings. The fraction of sp³-hybridized carbons (Fsp3) is 0.154. The van der Waals surface area contributed by atoms with Gasteiger partial charge in [0.2, 0.25) is 5.89 Å². The summed E-state index contributed by atoms with van der Waals surface area (Å²) in [5.41, 5.74) is 7.76. The van der Waals surface area contributed by atoms with Crippen LogP contribution in [0.3, 0.4) is 0 Å². The van der Waals surface area contributed by atoms with Crippen molar-refractivity contribution in [2.75, 3.05) is 4.90 Å². The van der Waals surface area contributed by atoms with Crippen LogP contribution in [0, 0.1) is 23.7 Å². The smallest absolute Gasteiger partial charge is 0.343 e. The first-order valence-electron chi connectivity index (χ1n) is 15.0. The largest absolute Gasteiger partial charge is 0.435 e. The number of hydrogen-bond donors (Lipinski definition) is 0. The number of aryl methyl sites for hydroxylation is 1. The molecule has 1 aliphatic rings. The van der Waals surface area contributed by atoms with Gasteiger partial charge in [-0.3, -0.25) is 0 Å². The van der Waals surface area contributed by atoms with E-state index in [4.69, 9.17) is 8.83 Å². The van der Waals surface area contributed by atoms with Crippen LogP contribution in [0.25, 0.3) is 33.2 Å². The predicted molar refractivity (Wildman–Crippen MR) is 179 cm³/mol. The van der Waals surface area contributed by atoms with Crippen LogP contribution in [0.2, 0.25) is 0 Å². The lowest BCUT2D eigenvalue weighted by Crippen LogP contribution is -2.20. The second kappa shape index (κ2) is 11.1. The number of aromatic nitrogens is 1. The molecule has 2 heterocycles. The fourth-order valence-electron chi connectivity index (χ4n) is 6.23. The van der Waals surface area contributed by atoms with E-state index >= 15 is 0 Å². The Morgan fingerprint density at radius 2 is 1.58 bits per heavy atom. The lowest BCUT2D eigenvalue weighted by Gasteiger charge is -2.31. The minimum absolute atomic E-state index is 0.206. The van der Waals surface area contributed by atoms with E-state index in [0.29, 0.717) is 40.7 Å². The van der Waals surface area contributed by atoms with Crippen LogP contribution in [0.1, 0.15) is 43.7 Å². The highest BCUT2D eigenvalue weighted by atomic mass is 16.4. The summed E-state index contributed by atoms with van der Waals surface area (Å²) in [5.74, 6) is 0.289. The van der Waals surface area contributed by atoms with E-state index in [1.807, 2.05) is 78.9 Å². The zero-order valence-corrected chi connectivity index (χ0v) is 25.4. The quantitative estimate of drug-likeness (QED) is 0.147. The number of fused-ring (bicyclic) bond motifs is 2. The van der Waals surface area contributed by atoms with Crippen molar-refractivity contribution in [3.63, 3.8) is 0 Å². The first-order valence-corrected chi connectivity index (χ1v) is 15.0. The molecule has 1 aliphatic carbocycles. The number of para-hydroxylation sites is 3. The minimum atomic E-state index is -0.412. The van der Waals surface area contributed by atoms with E-state index in [1.165, 1.54) is 0 Å². The average Bonchev–Trinajstić information content (AvgIpc) is 3.45. The number of hydrogen-bond acceptors (Lipinski definition) is 6. The van der Waals surface area contributed by atoms with Crippen molar-refractivity contribution >= 4 is 50.3 Å². The number of anilines is 3. The molecule has 0 radical (unpaired) electrons. The molecule has 2 aromatic heterocycles.